The molecule has 12 heavy (non-hydrogen) atoms. The molecule has 1 aromatic heterocycles. The van der Waals surface area contributed by atoms with E-state index < -0.39 is 16.7 Å². The van der Waals surface area contributed by atoms with E-state index in [1.165, 1.54) is 0 Å². The Bertz CT molecular complexity index is 308. The average molecular weight is 216 g/mol. The normalized spacial score (nSPS) is 11.7. The number of hydrogen-bond donors (Lipinski definition) is 0. The second-order valence-electron chi connectivity index (χ2n) is 1.80. The first kappa shape index (κ1) is 9.47. The number of hydrogen-bond acceptors (Lipinski definition) is 3. The fourth-order valence-electron chi connectivity index (χ4n) is 0.588. The van der Waals surface area contributed by atoms with E-state index in [9.17, 15) is 18.0 Å². The highest BCUT2D eigenvalue weighted by Gasteiger charge is 2.36. The van der Waals surface area contributed by atoms with Crippen LogP contribution in [-0.2, 0) is 6.18 Å². The summed E-state index contributed by atoms with van der Waals surface area (Å²) in [6, 6.07) is 0. The first-order valence-electron chi connectivity index (χ1n) is 2.64. The zero-order chi connectivity index (χ0) is 9.35. The molecule has 1 aromatic rings. The summed E-state index contributed by atoms with van der Waals surface area (Å²) in [6.45, 7) is 0. The van der Waals surface area contributed by atoms with Gasteiger partial charge in [-0.15, -0.1) is 0 Å². The highest BCUT2D eigenvalue weighted by atomic mass is 35.5. The molecule has 0 saturated carbocycles. The Balaban J connectivity index is 3.22. The number of aromatic nitrogens is 1. The summed E-state index contributed by atoms with van der Waals surface area (Å²) in [4.78, 5) is 12.2. The number of thiazole rings is 1. The van der Waals surface area contributed by atoms with Gasteiger partial charge >= 0.3 is 6.18 Å². The van der Waals surface area contributed by atoms with Crippen LogP contribution in [-0.4, -0.2) is 11.3 Å². The first-order chi connectivity index (χ1) is 5.45. The molecule has 0 aliphatic rings. The smallest absolute Gasteiger partial charge is 0.296 e. The number of rotatable bonds is 1. The third-order valence-corrected chi connectivity index (χ3v) is 2.22. The largest absolute Gasteiger partial charge is 0.427 e. The van der Waals surface area contributed by atoms with Gasteiger partial charge in [-0.2, -0.15) is 13.2 Å². The molecule has 7 heteroatoms. The fraction of sp³-hybridized carbons (Fsp3) is 0.200. The van der Waals surface area contributed by atoms with Crippen LogP contribution < -0.4 is 0 Å². The summed E-state index contributed by atoms with van der Waals surface area (Å²) in [5.41, 5.74) is -0.655. The van der Waals surface area contributed by atoms with Crippen molar-refractivity contribution in [2.45, 2.75) is 6.18 Å². The summed E-state index contributed by atoms with van der Waals surface area (Å²) in [5.74, 6) is 0. The van der Waals surface area contributed by atoms with Gasteiger partial charge < -0.3 is 0 Å². The van der Waals surface area contributed by atoms with Crippen molar-refractivity contribution < 1.29 is 18.0 Å². The molecule has 0 bridgehead atoms. The van der Waals surface area contributed by atoms with Crippen LogP contribution in [0.25, 0.3) is 0 Å². The van der Waals surface area contributed by atoms with Crippen molar-refractivity contribution >= 4 is 29.2 Å². The van der Waals surface area contributed by atoms with Crippen molar-refractivity contribution in [2.24, 2.45) is 0 Å². The fourth-order valence-corrected chi connectivity index (χ4v) is 1.54. The van der Waals surface area contributed by atoms with Crippen LogP contribution in [0.1, 0.15) is 15.4 Å². The standard InChI is InChI=1S/C5HClF3NOS/c6-4-10-2(1-11)3(12-4)5(7,8)9/h1H. The molecular formula is C5HClF3NOS. The van der Waals surface area contributed by atoms with Crippen molar-refractivity contribution in [1.29, 1.82) is 0 Å². The molecule has 0 fully saturated rings. The molecule has 0 amide bonds. The zero-order valence-electron chi connectivity index (χ0n) is 5.35. The second kappa shape index (κ2) is 3.02. The summed E-state index contributed by atoms with van der Waals surface area (Å²) < 4.78 is 35.7. The molecule has 0 aliphatic carbocycles. The van der Waals surface area contributed by atoms with Gasteiger partial charge in [0.05, 0.1) is 0 Å². The van der Waals surface area contributed by atoms with Gasteiger partial charge in [-0.05, 0) is 0 Å². The predicted octanol–water partition coefficient (Wildman–Crippen LogP) is 2.63. The van der Waals surface area contributed by atoms with E-state index in [2.05, 4.69) is 4.98 Å². The van der Waals surface area contributed by atoms with Crippen LogP contribution in [0.2, 0.25) is 4.47 Å². The van der Waals surface area contributed by atoms with Crippen LogP contribution in [0.15, 0.2) is 0 Å². The quantitative estimate of drug-likeness (QED) is 0.674. The van der Waals surface area contributed by atoms with E-state index in [1.807, 2.05) is 0 Å². The topological polar surface area (TPSA) is 30.0 Å². The monoisotopic (exact) mass is 215 g/mol. The Hall–Kier alpha value is -0.620. The van der Waals surface area contributed by atoms with Gasteiger partial charge in [-0.3, -0.25) is 4.79 Å². The van der Waals surface area contributed by atoms with E-state index in [0.29, 0.717) is 0 Å². The van der Waals surface area contributed by atoms with E-state index in [0.717, 1.165) is 0 Å². The molecule has 0 atom stereocenters. The molecule has 0 aliphatic heterocycles. The van der Waals surface area contributed by atoms with E-state index >= 15 is 0 Å². The summed E-state index contributed by atoms with van der Waals surface area (Å²) in [7, 11) is 0. The lowest BCUT2D eigenvalue weighted by atomic mass is 10.4. The Morgan fingerprint density at radius 1 is 1.50 bits per heavy atom. The molecule has 0 spiro atoms. The minimum absolute atomic E-state index is 0.0329. The predicted molar refractivity (Wildman–Crippen MR) is 37.5 cm³/mol. The van der Waals surface area contributed by atoms with Crippen molar-refractivity contribution in [1.82, 2.24) is 4.98 Å². The summed E-state index contributed by atoms with van der Waals surface area (Å²) in [6.07, 6.45) is -4.52. The Morgan fingerprint density at radius 3 is 2.42 bits per heavy atom. The van der Waals surface area contributed by atoms with Crippen molar-refractivity contribution in [2.75, 3.05) is 0 Å². The highest BCUT2D eigenvalue weighted by molar-refractivity contribution is 7.16. The van der Waals surface area contributed by atoms with Gasteiger partial charge in [0.25, 0.3) is 0 Å². The Labute approximate surface area is 74.0 Å². The van der Waals surface area contributed by atoms with Gasteiger partial charge in [0.1, 0.15) is 10.6 Å². The third-order valence-electron chi connectivity index (χ3n) is 0.996. The zero-order valence-corrected chi connectivity index (χ0v) is 6.93. The average Bonchev–Trinajstić information content (AvgIpc) is 2.29. The molecule has 0 N–H and O–H groups in total. The van der Waals surface area contributed by atoms with Gasteiger partial charge in [-0.1, -0.05) is 22.9 Å². The van der Waals surface area contributed by atoms with Crippen LogP contribution >= 0.6 is 22.9 Å². The number of carbonyl (C=O) groups is 1. The van der Waals surface area contributed by atoms with Gasteiger partial charge in [0, 0.05) is 0 Å². The summed E-state index contributed by atoms with van der Waals surface area (Å²) in [5, 5.41) is 0. The lowest BCUT2D eigenvalue weighted by molar-refractivity contribution is -0.134. The van der Waals surface area contributed by atoms with Crippen LogP contribution in [0.4, 0.5) is 13.2 Å². The van der Waals surface area contributed by atoms with Crippen molar-refractivity contribution in [3.8, 4) is 0 Å². The molecule has 1 rings (SSSR count). The van der Waals surface area contributed by atoms with Gasteiger partial charge in [0.2, 0.25) is 0 Å². The van der Waals surface area contributed by atoms with E-state index in [1.54, 1.807) is 0 Å². The van der Waals surface area contributed by atoms with Gasteiger partial charge in [-0.25, -0.2) is 4.98 Å². The van der Waals surface area contributed by atoms with E-state index in [-0.39, 0.29) is 22.1 Å². The highest BCUT2D eigenvalue weighted by Crippen LogP contribution is 2.37. The molecular weight excluding hydrogens is 215 g/mol. The molecule has 66 valence electrons. The first-order valence-corrected chi connectivity index (χ1v) is 3.83. The molecule has 1 heterocycles. The minimum Gasteiger partial charge on any atom is -0.296 e. The lowest BCUT2D eigenvalue weighted by Gasteiger charge is -2.00. The van der Waals surface area contributed by atoms with Gasteiger partial charge in [0.15, 0.2) is 10.8 Å². The maximum Gasteiger partial charge on any atom is 0.427 e. The SMILES string of the molecule is O=Cc1nc(Cl)sc1C(F)(F)F. The number of carbonyl (C=O) groups excluding carboxylic acids is 1. The Morgan fingerprint density at radius 2 is 2.08 bits per heavy atom. The van der Waals surface area contributed by atoms with Crippen molar-refractivity contribution in [3.63, 3.8) is 0 Å². The minimum atomic E-state index is -4.55. The number of halogens is 4. The molecule has 0 radical (unpaired) electrons. The molecule has 0 aromatic carbocycles. The van der Waals surface area contributed by atoms with Crippen molar-refractivity contribution in [3.05, 3.63) is 15.0 Å². The van der Waals surface area contributed by atoms with Crippen LogP contribution in [0.3, 0.4) is 0 Å². The summed E-state index contributed by atoms with van der Waals surface area (Å²) >= 11 is 5.44. The number of alkyl halides is 3. The lowest BCUT2D eigenvalue weighted by Crippen LogP contribution is -2.05. The maximum absolute atomic E-state index is 12.0. The third kappa shape index (κ3) is 1.75. The Kier molecular flexibility index (Phi) is 2.39. The molecule has 0 unspecified atom stereocenters. The van der Waals surface area contributed by atoms with Crippen LogP contribution in [0, 0.1) is 0 Å². The maximum atomic E-state index is 12.0. The molecule has 0 saturated heterocycles. The van der Waals surface area contributed by atoms with Crippen LogP contribution in [0.5, 0.6) is 0 Å². The second-order valence-corrected chi connectivity index (χ2v) is 3.38. The number of aldehydes is 1. The number of nitrogens with zero attached hydrogens (tertiary/aromatic N) is 1. The molecule has 2 nitrogen and oxygen atoms in total. The van der Waals surface area contributed by atoms with E-state index in [4.69, 9.17) is 11.6 Å².